The maximum atomic E-state index is 5.73. The molecular weight excluding hydrogens is 322 g/mol. The van der Waals surface area contributed by atoms with Crippen molar-refractivity contribution in [1.82, 2.24) is 15.2 Å². The molecule has 1 aromatic rings. The first-order valence-corrected chi connectivity index (χ1v) is 9.23. The number of hydrazone groups is 1. The number of allylic oxidation sites excluding steroid dienone is 4. The molecule has 5 nitrogen and oxygen atoms in total. The van der Waals surface area contributed by atoms with E-state index in [2.05, 4.69) is 82.9 Å². The van der Waals surface area contributed by atoms with Gasteiger partial charge in [0.05, 0.1) is 0 Å². The van der Waals surface area contributed by atoms with Gasteiger partial charge in [-0.05, 0) is 43.2 Å². The molecule has 140 valence electrons. The van der Waals surface area contributed by atoms with E-state index in [0.717, 1.165) is 18.1 Å². The summed E-state index contributed by atoms with van der Waals surface area (Å²) in [6, 6.07) is 8.44. The molecule has 0 amide bonds. The molecule has 1 unspecified atom stereocenters. The van der Waals surface area contributed by atoms with Crippen molar-refractivity contribution in [3.8, 4) is 0 Å². The number of nitrogens with one attached hydrogen (secondary N) is 1. The maximum absolute atomic E-state index is 5.73. The fourth-order valence-electron chi connectivity index (χ4n) is 2.98. The number of nitrogens with zero attached hydrogens (tertiary/aromatic N) is 3. The SMILES string of the molecule is CC.CC1=NNC2C=CC=C(/C=C(/C)N(C)Cc3cccc(CN)c3)N12. The van der Waals surface area contributed by atoms with Crippen molar-refractivity contribution in [2.75, 3.05) is 7.05 Å². The molecule has 1 atom stereocenters. The predicted octanol–water partition coefficient (Wildman–Crippen LogP) is 3.53. The van der Waals surface area contributed by atoms with Gasteiger partial charge >= 0.3 is 0 Å². The highest BCUT2D eigenvalue weighted by atomic mass is 15.5. The number of nitrogens with two attached hydrogens (primary N) is 1. The van der Waals surface area contributed by atoms with Gasteiger partial charge in [-0.1, -0.05) is 44.2 Å². The average molecular weight is 354 g/mol. The van der Waals surface area contributed by atoms with Crippen molar-refractivity contribution < 1.29 is 0 Å². The molecule has 2 aliphatic heterocycles. The van der Waals surface area contributed by atoms with E-state index in [1.54, 1.807) is 0 Å². The summed E-state index contributed by atoms with van der Waals surface area (Å²) in [7, 11) is 2.11. The van der Waals surface area contributed by atoms with E-state index in [1.165, 1.54) is 16.8 Å². The van der Waals surface area contributed by atoms with Crippen molar-refractivity contribution in [2.45, 2.75) is 47.0 Å². The van der Waals surface area contributed by atoms with E-state index < -0.39 is 0 Å². The summed E-state index contributed by atoms with van der Waals surface area (Å²) in [4.78, 5) is 4.45. The first-order valence-electron chi connectivity index (χ1n) is 9.23. The molecule has 5 heteroatoms. The van der Waals surface area contributed by atoms with Gasteiger partial charge in [0, 0.05) is 31.5 Å². The second-order valence-corrected chi connectivity index (χ2v) is 6.25. The Morgan fingerprint density at radius 1 is 1.35 bits per heavy atom. The first kappa shape index (κ1) is 19.8. The third kappa shape index (κ3) is 4.55. The second kappa shape index (κ2) is 9.25. The Labute approximate surface area is 157 Å². The van der Waals surface area contributed by atoms with Crippen LogP contribution < -0.4 is 11.2 Å². The van der Waals surface area contributed by atoms with Crippen LogP contribution in [0.1, 0.15) is 38.8 Å². The standard InChI is InChI=1S/C19H25N5.C2H6/c1-14(23(3)13-17-7-4-6-16(11-17)12-20)10-18-8-5-9-19-22-21-15(2)24(18)19;1-2/h4-11,19,22H,12-13,20H2,1-3H3;1-2H3/b14-10-;. The highest BCUT2D eigenvalue weighted by Crippen LogP contribution is 2.22. The molecule has 0 fully saturated rings. The topological polar surface area (TPSA) is 56.9 Å². The van der Waals surface area contributed by atoms with Crippen LogP contribution in [0.25, 0.3) is 0 Å². The van der Waals surface area contributed by atoms with E-state index >= 15 is 0 Å². The Bertz CT molecular complexity index is 730. The Morgan fingerprint density at radius 3 is 2.81 bits per heavy atom. The fourth-order valence-corrected chi connectivity index (χ4v) is 2.98. The van der Waals surface area contributed by atoms with Crippen LogP contribution >= 0.6 is 0 Å². The lowest BCUT2D eigenvalue weighted by Gasteiger charge is -2.29. The van der Waals surface area contributed by atoms with Crippen LogP contribution in [0.2, 0.25) is 0 Å². The van der Waals surface area contributed by atoms with Gasteiger partial charge in [-0.25, -0.2) is 0 Å². The Kier molecular flexibility index (Phi) is 7.04. The lowest BCUT2D eigenvalue weighted by atomic mass is 10.1. The summed E-state index contributed by atoms with van der Waals surface area (Å²) in [5.41, 5.74) is 13.6. The zero-order chi connectivity index (χ0) is 19.1. The molecule has 0 spiro atoms. The van der Waals surface area contributed by atoms with Crippen LogP contribution in [0.15, 0.2) is 65.1 Å². The van der Waals surface area contributed by atoms with Crippen molar-refractivity contribution in [3.63, 3.8) is 0 Å². The van der Waals surface area contributed by atoms with Gasteiger partial charge in [-0.15, -0.1) is 0 Å². The van der Waals surface area contributed by atoms with Gasteiger partial charge in [0.25, 0.3) is 0 Å². The molecule has 3 rings (SSSR count). The van der Waals surface area contributed by atoms with Gasteiger partial charge in [-0.3, -0.25) is 5.43 Å². The summed E-state index contributed by atoms with van der Waals surface area (Å²) in [6.45, 7) is 9.59. The molecule has 26 heavy (non-hydrogen) atoms. The molecule has 2 aliphatic rings. The molecule has 0 radical (unpaired) electrons. The Morgan fingerprint density at radius 2 is 2.08 bits per heavy atom. The number of rotatable bonds is 5. The van der Waals surface area contributed by atoms with Crippen molar-refractivity contribution in [2.24, 2.45) is 10.8 Å². The van der Waals surface area contributed by atoms with Gasteiger partial charge in [0.2, 0.25) is 0 Å². The number of amidine groups is 1. The molecule has 0 aliphatic carbocycles. The van der Waals surface area contributed by atoms with E-state index in [0.29, 0.717) is 6.54 Å². The summed E-state index contributed by atoms with van der Waals surface area (Å²) in [5, 5.41) is 4.32. The number of hydrogen-bond donors (Lipinski definition) is 2. The van der Waals surface area contributed by atoms with E-state index in [1.807, 2.05) is 20.8 Å². The summed E-state index contributed by atoms with van der Waals surface area (Å²) >= 11 is 0. The van der Waals surface area contributed by atoms with Gasteiger partial charge < -0.3 is 15.5 Å². The predicted molar refractivity (Wildman–Crippen MR) is 110 cm³/mol. The second-order valence-electron chi connectivity index (χ2n) is 6.25. The molecule has 3 N–H and O–H groups in total. The molecule has 2 heterocycles. The van der Waals surface area contributed by atoms with Crippen LogP contribution in [0.5, 0.6) is 0 Å². The minimum Gasteiger partial charge on any atom is -0.374 e. The highest BCUT2D eigenvalue weighted by molar-refractivity contribution is 5.84. The minimum absolute atomic E-state index is 0.126. The lowest BCUT2D eigenvalue weighted by molar-refractivity contribution is 0.400. The van der Waals surface area contributed by atoms with Crippen LogP contribution in [-0.4, -0.2) is 28.8 Å². The zero-order valence-corrected chi connectivity index (χ0v) is 16.5. The number of fused-ring (bicyclic) bond motifs is 1. The van der Waals surface area contributed by atoms with E-state index in [9.17, 15) is 0 Å². The molecular formula is C21H31N5. The smallest absolute Gasteiger partial charge is 0.140 e. The minimum atomic E-state index is 0.126. The Hall–Kier alpha value is -2.53. The summed E-state index contributed by atoms with van der Waals surface area (Å²) < 4.78 is 0. The molecule has 1 aromatic carbocycles. The first-order chi connectivity index (χ1) is 12.6. The molecule has 0 saturated carbocycles. The third-order valence-electron chi connectivity index (χ3n) is 4.43. The van der Waals surface area contributed by atoms with Crippen LogP contribution in [0.3, 0.4) is 0 Å². The van der Waals surface area contributed by atoms with Crippen molar-refractivity contribution >= 4 is 5.84 Å². The van der Waals surface area contributed by atoms with Crippen molar-refractivity contribution in [1.29, 1.82) is 0 Å². The quantitative estimate of drug-likeness (QED) is 0.850. The normalized spacial score (nSPS) is 18.3. The maximum Gasteiger partial charge on any atom is 0.140 e. The van der Waals surface area contributed by atoms with Crippen LogP contribution in [0.4, 0.5) is 0 Å². The highest BCUT2D eigenvalue weighted by Gasteiger charge is 2.26. The van der Waals surface area contributed by atoms with Crippen LogP contribution in [-0.2, 0) is 13.1 Å². The summed E-state index contributed by atoms with van der Waals surface area (Å²) in [6.07, 6.45) is 8.63. The van der Waals surface area contributed by atoms with Gasteiger partial charge in [0.15, 0.2) is 0 Å². The lowest BCUT2D eigenvalue weighted by Crippen LogP contribution is -2.38. The zero-order valence-electron chi connectivity index (χ0n) is 16.5. The fraction of sp³-hybridized carbons (Fsp3) is 0.381. The largest absolute Gasteiger partial charge is 0.374 e. The Balaban J connectivity index is 0.00000117. The summed E-state index contributed by atoms with van der Waals surface area (Å²) in [5.74, 6) is 0.984. The van der Waals surface area contributed by atoms with Crippen LogP contribution in [0, 0.1) is 0 Å². The molecule has 0 bridgehead atoms. The van der Waals surface area contributed by atoms with E-state index in [-0.39, 0.29) is 6.17 Å². The average Bonchev–Trinajstić information content (AvgIpc) is 3.05. The number of hydrogen-bond acceptors (Lipinski definition) is 5. The van der Waals surface area contributed by atoms with Gasteiger partial charge in [-0.2, -0.15) is 5.10 Å². The third-order valence-corrected chi connectivity index (χ3v) is 4.43. The monoisotopic (exact) mass is 353 g/mol. The molecule has 0 saturated heterocycles. The number of benzene rings is 1. The van der Waals surface area contributed by atoms with Crippen molar-refractivity contribution in [3.05, 3.63) is 71.1 Å². The molecule has 0 aromatic heterocycles. The van der Waals surface area contributed by atoms with E-state index in [4.69, 9.17) is 5.73 Å². The van der Waals surface area contributed by atoms with Gasteiger partial charge in [0.1, 0.15) is 12.0 Å².